The van der Waals surface area contributed by atoms with E-state index in [2.05, 4.69) is 12.2 Å². The van der Waals surface area contributed by atoms with Crippen molar-refractivity contribution < 1.29 is 9.13 Å². The fraction of sp³-hybridized carbons (Fsp3) is 0.647. The molecule has 0 saturated heterocycles. The van der Waals surface area contributed by atoms with Gasteiger partial charge in [-0.1, -0.05) is 31.9 Å². The molecule has 0 bridgehead atoms. The molecule has 1 saturated carbocycles. The first kappa shape index (κ1) is 15.3. The summed E-state index contributed by atoms with van der Waals surface area (Å²) in [6.45, 7) is 3.28. The summed E-state index contributed by atoms with van der Waals surface area (Å²) in [4.78, 5) is 0. The van der Waals surface area contributed by atoms with Gasteiger partial charge in [0.05, 0.1) is 7.11 Å². The zero-order chi connectivity index (χ0) is 14.4. The van der Waals surface area contributed by atoms with Gasteiger partial charge in [-0.15, -0.1) is 0 Å². The molecule has 2 nitrogen and oxygen atoms in total. The topological polar surface area (TPSA) is 21.3 Å². The molecule has 0 amide bonds. The summed E-state index contributed by atoms with van der Waals surface area (Å²) >= 11 is 0. The van der Waals surface area contributed by atoms with E-state index in [-0.39, 0.29) is 5.82 Å². The molecule has 1 N–H and O–H groups in total. The largest absolute Gasteiger partial charge is 0.494 e. The highest BCUT2D eigenvalue weighted by atomic mass is 19.1. The summed E-state index contributed by atoms with van der Waals surface area (Å²) in [5.41, 5.74) is 0.797. The second-order valence-corrected chi connectivity index (χ2v) is 5.82. The lowest BCUT2D eigenvalue weighted by atomic mass is 9.82. The predicted octanol–water partition coefficient (Wildman–Crippen LogP) is 3.94. The van der Waals surface area contributed by atoms with Crippen LogP contribution in [-0.2, 0) is 6.42 Å². The lowest BCUT2D eigenvalue weighted by molar-refractivity contribution is 0.282. The van der Waals surface area contributed by atoms with E-state index in [9.17, 15) is 4.39 Å². The smallest absolute Gasteiger partial charge is 0.168 e. The zero-order valence-corrected chi connectivity index (χ0v) is 12.6. The quantitative estimate of drug-likeness (QED) is 0.851. The molecule has 1 aromatic rings. The predicted molar refractivity (Wildman–Crippen MR) is 80.7 cm³/mol. The molecular formula is C17H26FNO. The van der Waals surface area contributed by atoms with Gasteiger partial charge in [-0.3, -0.25) is 0 Å². The van der Waals surface area contributed by atoms with Crippen LogP contribution in [-0.4, -0.2) is 19.7 Å². The van der Waals surface area contributed by atoms with E-state index in [1.54, 1.807) is 6.07 Å². The molecular weight excluding hydrogens is 253 g/mol. The van der Waals surface area contributed by atoms with Crippen LogP contribution in [0.2, 0.25) is 0 Å². The van der Waals surface area contributed by atoms with Crippen molar-refractivity contribution in [2.75, 3.05) is 13.7 Å². The highest BCUT2D eigenvalue weighted by Gasteiger charge is 2.23. The van der Waals surface area contributed by atoms with Gasteiger partial charge in [-0.05, 0) is 49.8 Å². The molecule has 1 aliphatic rings. The maximum atomic E-state index is 14.2. The van der Waals surface area contributed by atoms with Crippen molar-refractivity contribution in [1.82, 2.24) is 5.32 Å². The van der Waals surface area contributed by atoms with Gasteiger partial charge in [0.2, 0.25) is 0 Å². The van der Waals surface area contributed by atoms with Gasteiger partial charge in [0.25, 0.3) is 0 Å². The monoisotopic (exact) mass is 279 g/mol. The fourth-order valence-electron chi connectivity index (χ4n) is 3.19. The second kappa shape index (κ2) is 7.63. The van der Waals surface area contributed by atoms with Gasteiger partial charge in [0, 0.05) is 6.04 Å². The third-order valence-electron chi connectivity index (χ3n) is 4.24. The summed E-state index contributed by atoms with van der Waals surface area (Å²) in [6.07, 6.45) is 6.88. The molecule has 0 heterocycles. The number of hydrogen-bond donors (Lipinski definition) is 1. The van der Waals surface area contributed by atoms with Crippen molar-refractivity contribution in [2.45, 2.75) is 51.5 Å². The summed E-state index contributed by atoms with van der Waals surface area (Å²) in [7, 11) is 1.52. The van der Waals surface area contributed by atoms with Crippen LogP contribution in [0, 0.1) is 11.7 Å². The van der Waals surface area contributed by atoms with Gasteiger partial charge in [0.15, 0.2) is 11.6 Å². The van der Waals surface area contributed by atoms with Crippen LogP contribution < -0.4 is 10.1 Å². The van der Waals surface area contributed by atoms with Crippen molar-refractivity contribution in [3.05, 3.63) is 29.6 Å². The average Bonchev–Trinajstić information content (AvgIpc) is 2.48. The zero-order valence-electron chi connectivity index (χ0n) is 12.6. The SMILES string of the molecule is CCCNC1CCCC(Cc2cccc(OC)c2F)C1. The second-order valence-electron chi connectivity index (χ2n) is 5.82. The van der Waals surface area contributed by atoms with Crippen LogP contribution in [0.3, 0.4) is 0 Å². The Morgan fingerprint density at radius 3 is 2.95 bits per heavy atom. The van der Waals surface area contributed by atoms with E-state index in [0.29, 0.717) is 17.7 Å². The lowest BCUT2D eigenvalue weighted by Crippen LogP contribution is -2.35. The molecule has 0 aromatic heterocycles. The Morgan fingerprint density at radius 1 is 1.35 bits per heavy atom. The number of nitrogens with one attached hydrogen (secondary N) is 1. The number of hydrogen-bond acceptors (Lipinski definition) is 2. The Balaban J connectivity index is 1.95. The Labute approximate surface area is 121 Å². The van der Waals surface area contributed by atoms with Crippen LogP contribution in [0.4, 0.5) is 4.39 Å². The van der Waals surface area contributed by atoms with E-state index >= 15 is 0 Å². The first-order valence-corrected chi connectivity index (χ1v) is 7.79. The average molecular weight is 279 g/mol. The van der Waals surface area contributed by atoms with Crippen LogP contribution in [0.5, 0.6) is 5.75 Å². The van der Waals surface area contributed by atoms with Gasteiger partial charge in [-0.25, -0.2) is 4.39 Å². The minimum Gasteiger partial charge on any atom is -0.494 e. The van der Waals surface area contributed by atoms with Gasteiger partial charge >= 0.3 is 0 Å². The molecule has 0 spiro atoms. The molecule has 112 valence electrons. The van der Waals surface area contributed by atoms with Crippen molar-refractivity contribution in [2.24, 2.45) is 5.92 Å². The van der Waals surface area contributed by atoms with E-state index in [4.69, 9.17) is 4.74 Å². The van der Waals surface area contributed by atoms with Crippen LogP contribution in [0.15, 0.2) is 18.2 Å². The van der Waals surface area contributed by atoms with E-state index in [1.807, 2.05) is 12.1 Å². The van der Waals surface area contributed by atoms with Gasteiger partial charge in [0.1, 0.15) is 0 Å². The number of methoxy groups -OCH3 is 1. The minimum absolute atomic E-state index is 0.182. The Morgan fingerprint density at radius 2 is 2.20 bits per heavy atom. The normalized spacial score (nSPS) is 22.8. The van der Waals surface area contributed by atoms with Crippen LogP contribution >= 0.6 is 0 Å². The first-order valence-electron chi connectivity index (χ1n) is 7.79. The molecule has 3 heteroatoms. The molecule has 2 atom stereocenters. The van der Waals surface area contributed by atoms with E-state index in [1.165, 1.54) is 32.8 Å². The Bertz CT molecular complexity index is 421. The maximum absolute atomic E-state index is 14.2. The standard InChI is InChI=1S/C17H26FNO/c1-3-10-19-15-8-4-6-13(12-15)11-14-7-5-9-16(20-2)17(14)18/h5,7,9,13,15,19H,3-4,6,8,10-12H2,1-2H3. The first-order chi connectivity index (χ1) is 9.74. The number of halogens is 1. The molecule has 1 aliphatic carbocycles. The van der Waals surface area contributed by atoms with Gasteiger partial charge < -0.3 is 10.1 Å². The molecule has 0 radical (unpaired) electrons. The van der Waals surface area contributed by atoms with Crippen molar-refractivity contribution >= 4 is 0 Å². The molecule has 1 aromatic carbocycles. The summed E-state index contributed by atoms with van der Waals surface area (Å²) < 4.78 is 19.2. The molecule has 0 aliphatic heterocycles. The third kappa shape index (κ3) is 3.95. The Kier molecular flexibility index (Phi) is 5.84. The summed E-state index contributed by atoms with van der Waals surface area (Å²) in [5.74, 6) is 0.761. The summed E-state index contributed by atoms with van der Waals surface area (Å²) in [6, 6.07) is 6.07. The van der Waals surface area contributed by atoms with Crippen molar-refractivity contribution in [1.29, 1.82) is 0 Å². The number of ether oxygens (including phenoxy) is 1. The number of benzene rings is 1. The summed E-state index contributed by atoms with van der Waals surface area (Å²) in [5, 5.41) is 3.61. The van der Waals surface area contributed by atoms with Crippen LogP contribution in [0.1, 0.15) is 44.6 Å². The van der Waals surface area contributed by atoms with E-state index < -0.39 is 0 Å². The Hall–Kier alpha value is -1.09. The maximum Gasteiger partial charge on any atom is 0.168 e. The van der Waals surface area contributed by atoms with Gasteiger partial charge in [-0.2, -0.15) is 0 Å². The highest BCUT2D eigenvalue weighted by Crippen LogP contribution is 2.30. The lowest BCUT2D eigenvalue weighted by Gasteiger charge is -2.30. The molecule has 1 fully saturated rings. The highest BCUT2D eigenvalue weighted by molar-refractivity contribution is 5.31. The van der Waals surface area contributed by atoms with Crippen LogP contribution in [0.25, 0.3) is 0 Å². The molecule has 20 heavy (non-hydrogen) atoms. The molecule has 2 unspecified atom stereocenters. The van der Waals surface area contributed by atoms with E-state index in [0.717, 1.165) is 24.9 Å². The fourth-order valence-corrected chi connectivity index (χ4v) is 3.19. The molecule has 2 rings (SSSR count). The third-order valence-corrected chi connectivity index (χ3v) is 4.24. The van der Waals surface area contributed by atoms with Crippen molar-refractivity contribution in [3.63, 3.8) is 0 Å². The minimum atomic E-state index is -0.182. The van der Waals surface area contributed by atoms with Crippen molar-refractivity contribution in [3.8, 4) is 5.75 Å². The number of rotatable bonds is 6.